The number of aromatic nitrogens is 1. The third-order valence-corrected chi connectivity index (χ3v) is 4.47. The zero-order valence-electron chi connectivity index (χ0n) is 10.4. The molecule has 1 N–H and O–H groups in total. The minimum absolute atomic E-state index is 0.157. The number of halogens is 1. The first-order chi connectivity index (χ1) is 8.69. The van der Waals surface area contributed by atoms with Gasteiger partial charge >= 0.3 is 0 Å². The molecule has 1 aliphatic carbocycles. The molecule has 0 saturated heterocycles. The Balaban J connectivity index is 1.86. The highest BCUT2D eigenvalue weighted by Crippen LogP contribution is 2.26. The second-order valence-electron chi connectivity index (χ2n) is 4.55. The predicted molar refractivity (Wildman–Crippen MR) is 71.2 cm³/mol. The van der Waals surface area contributed by atoms with Crippen molar-refractivity contribution < 1.29 is 9.18 Å². The molecule has 5 heteroatoms. The van der Waals surface area contributed by atoms with Crippen LogP contribution in [0.3, 0.4) is 0 Å². The van der Waals surface area contributed by atoms with Gasteiger partial charge in [-0.2, -0.15) is 16.2 Å². The summed E-state index contributed by atoms with van der Waals surface area (Å²) < 4.78 is 12.6. The molecule has 0 atom stereocenters. The van der Waals surface area contributed by atoms with E-state index in [1.807, 2.05) is 11.8 Å². The van der Waals surface area contributed by atoms with Gasteiger partial charge in [-0.3, -0.25) is 4.79 Å². The van der Waals surface area contributed by atoms with E-state index in [1.54, 1.807) is 0 Å². The lowest BCUT2D eigenvalue weighted by Crippen LogP contribution is -2.38. The molecule has 98 valence electrons. The molecule has 1 aromatic rings. The van der Waals surface area contributed by atoms with E-state index in [1.165, 1.54) is 18.3 Å². The second-order valence-corrected chi connectivity index (χ2v) is 5.69. The molecule has 0 radical (unpaired) electrons. The Morgan fingerprint density at radius 2 is 2.11 bits per heavy atom. The van der Waals surface area contributed by atoms with E-state index < -0.39 is 5.95 Å². The normalized spacial score (nSPS) is 23.7. The predicted octanol–water partition coefficient (Wildman–Crippen LogP) is 2.62. The average molecular weight is 268 g/mol. The first-order valence-electron chi connectivity index (χ1n) is 6.14. The summed E-state index contributed by atoms with van der Waals surface area (Å²) in [6.07, 6.45) is 7.74. The highest BCUT2D eigenvalue weighted by atomic mass is 32.2. The number of rotatable bonds is 3. The zero-order valence-corrected chi connectivity index (χ0v) is 11.2. The molecule has 0 bridgehead atoms. The Labute approximate surface area is 111 Å². The Bertz CT molecular complexity index is 402. The maximum absolute atomic E-state index is 12.6. The summed E-state index contributed by atoms with van der Waals surface area (Å²) in [6, 6.07) is 2.91. The minimum Gasteiger partial charge on any atom is -0.349 e. The van der Waals surface area contributed by atoms with Gasteiger partial charge in [-0.25, -0.2) is 4.98 Å². The zero-order chi connectivity index (χ0) is 13.0. The van der Waals surface area contributed by atoms with Gasteiger partial charge in [0.1, 0.15) is 0 Å². The Hall–Kier alpha value is -1.10. The van der Waals surface area contributed by atoms with E-state index in [0.29, 0.717) is 5.56 Å². The van der Waals surface area contributed by atoms with Crippen molar-refractivity contribution in [2.24, 2.45) is 0 Å². The fourth-order valence-corrected chi connectivity index (χ4v) is 2.97. The largest absolute Gasteiger partial charge is 0.349 e. The maximum atomic E-state index is 12.6. The number of hydrogen-bond acceptors (Lipinski definition) is 3. The molecule has 1 aliphatic rings. The number of hydrogen-bond donors (Lipinski definition) is 1. The van der Waals surface area contributed by atoms with Crippen molar-refractivity contribution in [1.29, 1.82) is 0 Å². The van der Waals surface area contributed by atoms with E-state index >= 15 is 0 Å². The minimum atomic E-state index is -0.563. The number of amides is 1. The van der Waals surface area contributed by atoms with Crippen LogP contribution in [0.1, 0.15) is 36.0 Å². The van der Waals surface area contributed by atoms with Crippen molar-refractivity contribution in [3.63, 3.8) is 0 Å². The molecule has 0 aliphatic heterocycles. The number of nitrogens with zero attached hydrogens (tertiary/aromatic N) is 1. The molecular formula is C13H17FN2OS. The van der Waals surface area contributed by atoms with Gasteiger partial charge in [0.15, 0.2) is 0 Å². The molecule has 1 fully saturated rings. The Morgan fingerprint density at radius 1 is 1.39 bits per heavy atom. The molecule has 1 aromatic heterocycles. The van der Waals surface area contributed by atoms with Gasteiger partial charge < -0.3 is 5.32 Å². The molecule has 1 saturated carbocycles. The van der Waals surface area contributed by atoms with Crippen molar-refractivity contribution in [3.05, 3.63) is 29.8 Å². The highest BCUT2D eigenvalue weighted by Gasteiger charge is 2.22. The van der Waals surface area contributed by atoms with E-state index in [0.717, 1.165) is 30.9 Å². The fourth-order valence-electron chi connectivity index (χ4n) is 2.22. The Morgan fingerprint density at radius 3 is 2.67 bits per heavy atom. The molecular weight excluding hydrogens is 251 g/mol. The van der Waals surface area contributed by atoms with Crippen LogP contribution in [-0.2, 0) is 0 Å². The van der Waals surface area contributed by atoms with Crippen LogP contribution in [0.5, 0.6) is 0 Å². The number of thioether (sulfide) groups is 1. The molecule has 3 nitrogen and oxygen atoms in total. The van der Waals surface area contributed by atoms with Crippen molar-refractivity contribution in [3.8, 4) is 0 Å². The van der Waals surface area contributed by atoms with Crippen LogP contribution in [0.4, 0.5) is 4.39 Å². The topological polar surface area (TPSA) is 42.0 Å². The lowest BCUT2D eigenvalue weighted by atomic mass is 9.95. The second kappa shape index (κ2) is 6.18. The number of carbonyl (C=O) groups excluding carboxylic acids is 1. The van der Waals surface area contributed by atoms with Crippen LogP contribution in [0.2, 0.25) is 0 Å². The summed E-state index contributed by atoms with van der Waals surface area (Å²) in [4.78, 5) is 15.4. The third-order valence-electron chi connectivity index (χ3n) is 3.33. The highest BCUT2D eigenvalue weighted by molar-refractivity contribution is 7.99. The summed E-state index contributed by atoms with van der Waals surface area (Å²) in [6.45, 7) is 0. The third kappa shape index (κ3) is 3.45. The molecule has 0 unspecified atom stereocenters. The van der Waals surface area contributed by atoms with Gasteiger partial charge in [-0.15, -0.1) is 0 Å². The van der Waals surface area contributed by atoms with Crippen LogP contribution in [0.15, 0.2) is 18.3 Å². The van der Waals surface area contributed by atoms with Gasteiger partial charge in [0.05, 0.1) is 5.56 Å². The summed E-state index contributed by atoms with van der Waals surface area (Å²) in [5.74, 6) is -0.720. The van der Waals surface area contributed by atoms with Gasteiger partial charge in [-0.1, -0.05) is 0 Å². The van der Waals surface area contributed by atoms with Crippen molar-refractivity contribution in [2.45, 2.75) is 37.0 Å². The van der Waals surface area contributed by atoms with Crippen molar-refractivity contribution in [1.82, 2.24) is 10.3 Å². The van der Waals surface area contributed by atoms with Gasteiger partial charge in [0, 0.05) is 17.5 Å². The molecule has 0 spiro atoms. The quantitative estimate of drug-likeness (QED) is 0.857. The fraction of sp³-hybridized carbons (Fsp3) is 0.538. The number of nitrogens with one attached hydrogen (secondary N) is 1. The van der Waals surface area contributed by atoms with Gasteiger partial charge in [-0.05, 0) is 44.1 Å². The summed E-state index contributed by atoms with van der Waals surface area (Å²) in [5.41, 5.74) is 0.420. The van der Waals surface area contributed by atoms with Crippen LogP contribution in [0, 0.1) is 5.95 Å². The lowest BCUT2D eigenvalue weighted by molar-refractivity contribution is 0.0927. The van der Waals surface area contributed by atoms with Gasteiger partial charge in [0.25, 0.3) is 5.91 Å². The average Bonchev–Trinajstić information content (AvgIpc) is 2.40. The van der Waals surface area contributed by atoms with E-state index in [9.17, 15) is 9.18 Å². The number of pyridine rings is 1. The Kier molecular flexibility index (Phi) is 4.58. The summed E-state index contributed by atoms with van der Waals surface area (Å²) in [7, 11) is 0. The summed E-state index contributed by atoms with van der Waals surface area (Å²) >= 11 is 1.90. The first-order valence-corrected chi connectivity index (χ1v) is 7.43. The van der Waals surface area contributed by atoms with Crippen LogP contribution >= 0.6 is 11.8 Å². The molecule has 2 rings (SSSR count). The standard InChI is InChI=1S/C13H17FN2OS/c1-18-11-5-3-10(4-6-11)16-13(17)9-2-7-12(14)15-8-9/h2,7-8,10-11H,3-6H2,1H3,(H,16,17). The van der Waals surface area contributed by atoms with E-state index in [-0.39, 0.29) is 11.9 Å². The lowest BCUT2D eigenvalue weighted by Gasteiger charge is -2.27. The van der Waals surface area contributed by atoms with Gasteiger partial charge in [0.2, 0.25) is 5.95 Å². The maximum Gasteiger partial charge on any atom is 0.253 e. The monoisotopic (exact) mass is 268 g/mol. The van der Waals surface area contributed by atoms with Crippen LogP contribution in [-0.4, -0.2) is 28.4 Å². The SMILES string of the molecule is CSC1CCC(NC(=O)c2ccc(F)nc2)CC1. The van der Waals surface area contributed by atoms with Crippen molar-refractivity contribution in [2.75, 3.05) is 6.26 Å². The smallest absolute Gasteiger partial charge is 0.253 e. The first kappa shape index (κ1) is 13.3. The van der Waals surface area contributed by atoms with Crippen molar-refractivity contribution >= 4 is 17.7 Å². The molecule has 0 aromatic carbocycles. The molecule has 1 heterocycles. The van der Waals surface area contributed by atoms with Crippen LogP contribution < -0.4 is 5.32 Å². The molecule has 18 heavy (non-hydrogen) atoms. The van der Waals surface area contributed by atoms with E-state index in [4.69, 9.17) is 0 Å². The summed E-state index contributed by atoms with van der Waals surface area (Å²) in [5, 5.41) is 3.72. The number of carbonyl (C=O) groups is 1. The van der Waals surface area contributed by atoms with Crippen LogP contribution in [0.25, 0.3) is 0 Å². The molecule has 1 amide bonds. The van der Waals surface area contributed by atoms with E-state index in [2.05, 4.69) is 16.6 Å².